The molecule has 2 nitrogen and oxygen atoms in total. The van der Waals surface area contributed by atoms with Gasteiger partial charge >= 0.3 is 0 Å². The Hall–Kier alpha value is 0.0400. The van der Waals surface area contributed by atoms with Gasteiger partial charge in [-0.15, -0.1) is 23.5 Å². The monoisotopic (exact) mass is 332 g/mol. The van der Waals surface area contributed by atoms with Gasteiger partial charge in [0.15, 0.2) is 0 Å². The summed E-state index contributed by atoms with van der Waals surface area (Å²) >= 11 is 3.82. The third-order valence-corrected chi connectivity index (χ3v) is 5.09. The smallest absolute Gasteiger partial charge is 0.0702 e. The maximum absolute atomic E-state index is 4.41. The van der Waals surface area contributed by atoms with Crippen molar-refractivity contribution in [2.45, 2.75) is 61.8 Å². The van der Waals surface area contributed by atoms with Gasteiger partial charge in [-0.05, 0) is 6.42 Å². The van der Waals surface area contributed by atoms with Crippen molar-refractivity contribution in [3.63, 3.8) is 0 Å². The second kappa shape index (κ2) is 16.4. The van der Waals surface area contributed by atoms with Crippen LogP contribution in [-0.2, 0) is 0 Å². The summed E-state index contributed by atoms with van der Waals surface area (Å²) in [5.41, 5.74) is 0. The number of aliphatic imine (C=N–C) groups is 2. The molecule has 0 fully saturated rings. The van der Waals surface area contributed by atoms with Crippen LogP contribution in [0.1, 0.15) is 61.8 Å². The van der Waals surface area contributed by atoms with E-state index in [1.807, 2.05) is 51.2 Å². The van der Waals surface area contributed by atoms with E-state index in [9.17, 15) is 0 Å². The van der Waals surface area contributed by atoms with Crippen LogP contribution in [0, 0.1) is 11.8 Å². The van der Waals surface area contributed by atoms with Crippen LogP contribution in [0.4, 0.5) is 0 Å². The van der Waals surface area contributed by atoms with Gasteiger partial charge < -0.3 is 0 Å². The van der Waals surface area contributed by atoms with Crippen molar-refractivity contribution >= 4 is 33.6 Å². The maximum Gasteiger partial charge on any atom is 0.0702 e. The van der Waals surface area contributed by atoms with Gasteiger partial charge in [-0.3, -0.25) is 9.98 Å². The van der Waals surface area contributed by atoms with Gasteiger partial charge in [0.1, 0.15) is 0 Å². The highest BCUT2D eigenvalue weighted by Crippen LogP contribution is 2.18. The van der Waals surface area contributed by atoms with Gasteiger partial charge in [-0.1, -0.05) is 55.4 Å². The summed E-state index contributed by atoms with van der Waals surface area (Å²) in [5.74, 6) is 3.78. The number of hydrogen-bond acceptors (Lipinski definition) is 4. The third kappa shape index (κ3) is 12.3. The molecule has 2 aliphatic heterocycles. The van der Waals surface area contributed by atoms with E-state index in [1.165, 1.54) is 28.0 Å². The number of nitrogens with zero attached hydrogens (tertiary/aromatic N) is 2. The van der Waals surface area contributed by atoms with Crippen LogP contribution >= 0.6 is 23.5 Å². The number of rotatable bonds is 2. The quantitative estimate of drug-likeness (QED) is 0.618. The predicted octanol–water partition coefficient (Wildman–Crippen LogP) is 6.02. The highest BCUT2D eigenvalue weighted by Gasteiger charge is 2.09. The molecular weight excluding hydrogens is 296 g/mol. The van der Waals surface area contributed by atoms with Crippen LogP contribution in [0.2, 0.25) is 0 Å². The fourth-order valence-electron chi connectivity index (χ4n) is 1.53. The molecule has 0 aromatic heterocycles. The maximum atomic E-state index is 4.41. The summed E-state index contributed by atoms with van der Waals surface area (Å²) in [7, 11) is 0. The van der Waals surface area contributed by atoms with Crippen molar-refractivity contribution in [1.82, 2.24) is 0 Å². The first kappa shape index (κ1) is 23.3. The summed E-state index contributed by atoms with van der Waals surface area (Å²) in [6, 6.07) is 0. The Kier molecular flexibility index (Phi) is 18.2. The summed E-state index contributed by atoms with van der Waals surface area (Å²) < 4.78 is 0. The van der Waals surface area contributed by atoms with Crippen molar-refractivity contribution < 1.29 is 0 Å². The molecule has 126 valence electrons. The molecule has 0 saturated heterocycles. The molecule has 0 unspecified atom stereocenters. The Morgan fingerprint density at radius 2 is 1.14 bits per heavy atom. The van der Waals surface area contributed by atoms with Crippen LogP contribution < -0.4 is 0 Å². The van der Waals surface area contributed by atoms with Crippen molar-refractivity contribution in [3.05, 3.63) is 0 Å². The predicted molar refractivity (Wildman–Crippen MR) is 107 cm³/mol. The van der Waals surface area contributed by atoms with Crippen LogP contribution in [0.3, 0.4) is 0 Å². The van der Waals surface area contributed by atoms with Gasteiger partial charge in [-0.25, -0.2) is 0 Å². The first-order chi connectivity index (χ1) is 10.1. The van der Waals surface area contributed by atoms with E-state index in [0.717, 1.165) is 13.1 Å². The molecule has 0 N–H and O–H groups in total. The summed E-state index contributed by atoms with van der Waals surface area (Å²) in [5, 5.41) is 2.69. The lowest BCUT2D eigenvalue weighted by atomic mass is 10.2. The fraction of sp³-hybridized carbons (Fsp3) is 0.882. The average molecular weight is 333 g/mol. The third-order valence-electron chi connectivity index (χ3n) is 2.42. The highest BCUT2D eigenvalue weighted by atomic mass is 32.2. The lowest BCUT2D eigenvalue weighted by Crippen LogP contribution is -2.09. The molecule has 2 heterocycles. The van der Waals surface area contributed by atoms with E-state index in [2.05, 4.69) is 37.7 Å². The average Bonchev–Trinajstić information content (AvgIpc) is 3.07. The number of thioether (sulfide) groups is 2. The minimum absolute atomic E-state index is 0.648. The molecule has 2 rings (SSSR count). The molecule has 0 aromatic carbocycles. The van der Waals surface area contributed by atoms with Gasteiger partial charge in [0.2, 0.25) is 0 Å². The van der Waals surface area contributed by atoms with Crippen molar-refractivity contribution in [2.75, 3.05) is 24.6 Å². The van der Waals surface area contributed by atoms with E-state index < -0.39 is 0 Å². The normalized spacial score (nSPS) is 16.7. The lowest BCUT2D eigenvalue weighted by Gasteiger charge is -2.13. The van der Waals surface area contributed by atoms with Crippen LogP contribution in [-0.4, -0.2) is 34.7 Å². The van der Waals surface area contributed by atoms with Gasteiger partial charge in [0, 0.05) is 36.4 Å². The van der Waals surface area contributed by atoms with E-state index in [-0.39, 0.29) is 0 Å². The molecule has 0 radical (unpaired) electrons. The Morgan fingerprint density at radius 1 is 0.714 bits per heavy atom. The minimum Gasteiger partial charge on any atom is -0.283 e. The van der Waals surface area contributed by atoms with Crippen LogP contribution in [0.25, 0.3) is 0 Å². The molecule has 0 bridgehead atoms. The van der Waals surface area contributed by atoms with E-state index >= 15 is 0 Å². The van der Waals surface area contributed by atoms with Gasteiger partial charge in [0.05, 0.1) is 10.1 Å². The molecule has 0 amide bonds. The zero-order valence-corrected chi connectivity index (χ0v) is 17.0. The van der Waals surface area contributed by atoms with Gasteiger partial charge in [-0.2, -0.15) is 0 Å². The first-order valence-electron chi connectivity index (χ1n) is 8.45. The Balaban J connectivity index is 0. The lowest BCUT2D eigenvalue weighted by molar-refractivity contribution is 0.860. The molecule has 4 heteroatoms. The first-order valence-corrected chi connectivity index (χ1v) is 10.4. The van der Waals surface area contributed by atoms with Crippen molar-refractivity contribution in [2.24, 2.45) is 21.8 Å². The van der Waals surface area contributed by atoms with E-state index in [0.29, 0.717) is 11.8 Å². The summed E-state index contributed by atoms with van der Waals surface area (Å²) in [4.78, 5) is 8.72. The molecule has 0 spiro atoms. The largest absolute Gasteiger partial charge is 0.283 e. The molecule has 0 aliphatic carbocycles. The standard InChI is InChI=1S/C7H13NS.C6H11NS.2C2H6/c1-6(2)7-8-4-3-5-9-7;1-5(2)6-7-3-4-8-6;2*1-2/h6H,3-5H2,1-2H3;5H,3-4H2,1-2H3;2*1-2H3. The Bertz CT molecular complexity index is 285. The van der Waals surface area contributed by atoms with Crippen LogP contribution in [0.15, 0.2) is 9.98 Å². The highest BCUT2D eigenvalue weighted by molar-refractivity contribution is 8.14. The van der Waals surface area contributed by atoms with E-state index in [1.54, 1.807) is 0 Å². The fourth-order valence-corrected chi connectivity index (χ4v) is 3.43. The van der Waals surface area contributed by atoms with Gasteiger partial charge in [0.25, 0.3) is 0 Å². The minimum atomic E-state index is 0.648. The number of hydrogen-bond donors (Lipinski definition) is 0. The Labute approximate surface area is 142 Å². The topological polar surface area (TPSA) is 24.7 Å². The zero-order valence-electron chi connectivity index (χ0n) is 15.4. The summed E-state index contributed by atoms with van der Waals surface area (Å²) in [6.07, 6.45) is 1.26. The van der Waals surface area contributed by atoms with Crippen LogP contribution in [0.5, 0.6) is 0 Å². The SMILES string of the molecule is CC.CC.CC(C)C1=NCCCS1.CC(C)C1=NCCS1. The molecule has 0 aromatic rings. The molecule has 2 aliphatic rings. The molecule has 0 atom stereocenters. The molecule has 0 saturated carbocycles. The van der Waals surface area contributed by atoms with Crippen molar-refractivity contribution in [1.29, 1.82) is 0 Å². The Morgan fingerprint density at radius 3 is 1.38 bits per heavy atom. The molecule has 21 heavy (non-hydrogen) atoms. The van der Waals surface area contributed by atoms with Crippen molar-refractivity contribution in [3.8, 4) is 0 Å². The second-order valence-electron chi connectivity index (χ2n) is 4.80. The van der Waals surface area contributed by atoms with E-state index in [4.69, 9.17) is 0 Å². The molecular formula is C17H36N2S2. The second-order valence-corrected chi connectivity index (χ2v) is 7.03. The summed E-state index contributed by atoms with van der Waals surface area (Å²) in [6.45, 7) is 18.9. The zero-order chi connectivity index (χ0) is 16.7.